The lowest BCUT2D eigenvalue weighted by atomic mass is 9.99. The number of ketones is 1. The van der Waals surface area contributed by atoms with Crippen molar-refractivity contribution in [2.45, 2.75) is 76.6 Å². The van der Waals surface area contributed by atoms with Gasteiger partial charge in [-0.15, -0.1) is 0 Å². The van der Waals surface area contributed by atoms with Crippen LogP contribution < -0.4 is 16.0 Å². The van der Waals surface area contributed by atoms with Crippen LogP contribution in [0.3, 0.4) is 0 Å². The lowest BCUT2D eigenvalue weighted by Gasteiger charge is -2.24. The van der Waals surface area contributed by atoms with Gasteiger partial charge in [0.25, 0.3) is 5.91 Å². The zero-order chi connectivity index (χ0) is 25.8. The van der Waals surface area contributed by atoms with Crippen molar-refractivity contribution in [2.75, 3.05) is 12.3 Å². The fraction of sp³-hybridized carbons (Fsp3) is 0.600. The van der Waals surface area contributed by atoms with Gasteiger partial charge in [-0.25, -0.2) is 4.21 Å². The van der Waals surface area contributed by atoms with E-state index in [9.17, 15) is 23.4 Å². The van der Waals surface area contributed by atoms with Gasteiger partial charge in [-0.1, -0.05) is 61.4 Å². The van der Waals surface area contributed by atoms with E-state index >= 15 is 0 Å². The van der Waals surface area contributed by atoms with Crippen molar-refractivity contribution in [3.63, 3.8) is 0 Å². The highest BCUT2D eigenvalue weighted by Crippen LogP contribution is 2.29. The highest BCUT2D eigenvalue weighted by Gasteiger charge is 2.31. The van der Waals surface area contributed by atoms with Gasteiger partial charge in [0.1, 0.15) is 12.1 Å². The molecule has 0 aliphatic carbocycles. The molecule has 1 aromatic carbocycles. The Labute approximate surface area is 214 Å². The first-order valence-corrected chi connectivity index (χ1v) is 14.9. The normalized spacial score (nSPS) is 19.1. The molecule has 1 fully saturated rings. The molecular weight excluding hydrogens is 486 g/mol. The van der Waals surface area contributed by atoms with Crippen molar-refractivity contribution >= 4 is 44.1 Å². The molecule has 8 nitrogen and oxygen atoms in total. The predicted molar refractivity (Wildman–Crippen MR) is 140 cm³/mol. The van der Waals surface area contributed by atoms with Crippen molar-refractivity contribution in [1.82, 2.24) is 16.0 Å². The third-order valence-corrected chi connectivity index (χ3v) is 9.36. The minimum absolute atomic E-state index is 0.121. The number of Topliss-reactive ketones (excluding diaryl/α,β-unsaturated/α-hetero) is 1. The molecule has 4 atom stereocenters. The van der Waals surface area contributed by atoms with E-state index in [4.69, 9.17) is 0 Å². The average Bonchev–Trinajstić information content (AvgIpc) is 3.24. The number of carbonyl (C=O) groups excluding carboxylic acids is 4. The first-order valence-electron chi connectivity index (χ1n) is 12.2. The maximum absolute atomic E-state index is 13.2. The number of amides is 3. The molecule has 194 valence electrons. The Morgan fingerprint density at radius 2 is 1.80 bits per heavy atom. The van der Waals surface area contributed by atoms with E-state index in [0.29, 0.717) is 24.9 Å². The highest BCUT2D eigenvalue weighted by atomic mass is 33.1. The second-order valence-electron chi connectivity index (χ2n) is 9.06. The van der Waals surface area contributed by atoms with E-state index in [0.717, 1.165) is 25.0 Å². The molecule has 35 heavy (non-hydrogen) atoms. The summed E-state index contributed by atoms with van der Waals surface area (Å²) in [5.74, 6) is -1.22. The Morgan fingerprint density at radius 3 is 2.40 bits per heavy atom. The molecule has 0 saturated carbocycles. The Hall–Kier alpha value is -2.20. The van der Waals surface area contributed by atoms with Gasteiger partial charge < -0.3 is 16.0 Å². The van der Waals surface area contributed by atoms with Crippen LogP contribution >= 0.6 is 10.8 Å². The van der Waals surface area contributed by atoms with Gasteiger partial charge in [-0.05, 0) is 44.1 Å². The fourth-order valence-corrected chi connectivity index (χ4v) is 7.38. The van der Waals surface area contributed by atoms with Crippen LogP contribution in [0.25, 0.3) is 0 Å². The quantitative estimate of drug-likeness (QED) is 0.196. The molecule has 2 unspecified atom stereocenters. The summed E-state index contributed by atoms with van der Waals surface area (Å²) in [5.41, 5.74) is 0.495. The maximum atomic E-state index is 13.2. The molecule has 0 spiro atoms. The predicted octanol–water partition coefficient (Wildman–Crippen LogP) is 2.81. The standard InChI is InChI=1S/C25H37N3O5S2/c1-4-26-25(32)23(30)22(18-10-6-5-7-11-18)28-24(31)20(16-17(2)3)27-21(29)13-9-8-12-19-14-15-34-35(19)33/h5-7,10-11,17,19-20,22H,4,8-9,12-16H2,1-3H3,(H,26,32)(H,27,29)(H,28,31)/t19?,20-,22-,35?/m0/s1. The number of likely N-dealkylation sites (N-methyl/N-ethyl adjacent to an activating group) is 1. The number of carbonyl (C=O) groups is 4. The molecule has 3 amide bonds. The van der Waals surface area contributed by atoms with E-state index in [-0.39, 0.29) is 23.5 Å². The Balaban J connectivity index is 2.00. The minimum atomic E-state index is -1.15. The molecule has 10 heteroatoms. The molecule has 1 aromatic rings. The van der Waals surface area contributed by atoms with Gasteiger partial charge in [0, 0.05) is 24.0 Å². The Kier molecular flexibility index (Phi) is 12.5. The minimum Gasteiger partial charge on any atom is -0.350 e. The van der Waals surface area contributed by atoms with Crippen LogP contribution in [0.5, 0.6) is 0 Å². The van der Waals surface area contributed by atoms with Gasteiger partial charge in [0.05, 0.1) is 9.83 Å². The van der Waals surface area contributed by atoms with Crippen molar-refractivity contribution in [2.24, 2.45) is 5.92 Å². The van der Waals surface area contributed by atoms with Crippen LogP contribution in [0, 0.1) is 5.92 Å². The Morgan fingerprint density at radius 1 is 1.09 bits per heavy atom. The number of benzene rings is 1. The second kappa shape index (κ2) is 15.0. The summed E-state index contributed by atoms with van der Waals surface area (Å²) < 4.78 is 11.8. The Bertz CT molecular complexity index is 894. The lowest BCUT2D eigenvalue weighted by molar-refractivity contribution is -0.140. The molecule has 1 heterocycles. The summed E-state index contributed by atoms with van der Waals surface area (Å²) in [7, 11) is 0.676. The van der Waals surface area contributed by atoms with Crippen molar-refractivity contribution < 1.29 is 23.4 Å². The number of rotatable bonds is 14. The molecule has 0 aromatic heterocycles. The zero-order valence-corrected chi connectivity index (χ0v) is 22.3. The monoisotopic (exact) mass is 523 g/mol. The van der Waals surface area contributed by atoms with Crippen LogP contribution in [-0.4, -0.2) is 51.3 Å². The number of nitrogens with one attached hydrogen (secondary N) is 3. The molecular formula is C25H37N3O5S2. The van der Waals surface area contributed by atoms with E-state index in [1.54, 1.807) is 37.3 Å². The SMILES string of the molecule is CCNC(=O)C(=O)[C@@H](NC(=O)[C@H](CC(C)C)NC(=O)CCCCC1CCSS1=O)c1ccccc1. The summed E-state index contributed by atoms with van der Waals surface area (Å²) in [4.78, 5) is 50.8. The first kappa shape index (κ1) is 29.0. The van der Waals surface area contributed by atoms with E-state index in [1.165, 1.54) is 10.8 Å². The fourth-order valence-electron chi connectivity index (χ4n) is 3.89. The van der Waals surface area contributed by atoms with Crippen LogP contribution in [0.4, 0.5) is 0 Å². The van der Waals surface area contributed by atoms with Crippen LogP contribution in [0.1, 0.15) is 70.9 Å². The van der Waals surface area contributed by atoms with E-state index in [1.807, 2.05) is 13.8 Å². The lowest BCUT2D eigenvalue weighted by Crippen LogP contribution is -2.50. The van der Waals surface area contributed by atoms with Gasteiger partial charge in [0.15, 0.2) is 0 Å². The largest absolute Gasteiger partial charge is 0.350 e. The van der Waals surface area contributed by atoms with Gasteiger partial charge in [-0.3, -0.25) is 19.2 Å². The average molecular weight is 524 g/mol. The molecule has 2 rings (SSSR count). The van der Waals surface area contributed by atoms with Gasteiger partial charge in [0.2, 0.25) is 17.6 Å². The zero-order valence-electron chi connectivity index (χ0n) is 20.7. The summed E-state index contributed by atoms with van der Waals surface area (Å²) in [6.45, 7) is 5.89. The summed E-state index contributed by atoms with van der Waals surface area (Å²) >= 11 is 0. The third-order valence-electron chi connectivity index (χ3n) is 5.69. The third kappa shape index (κ3) is 9.76. The van der Waals surface area contributed by atoms with Gasteiger partial charge in [-0.2, -0.15) is 0 Å². The number of unbranched alkanes of at least 4 members (excludes halogenated alkanes) is 1. The van der Waals surface area contributed by atoms with E-state index < -0.39 is 39.5 Å². The van der Waals surface area contributed by atoms with Crippen LogP contribution in [0.2, 0.25) is 0 Å². The second-order valence-corrected chi connectivity index (χ2v) is 12.6. The molecule has 3 N–H and O–H groups in total. The smallest absolute Gasteiger partial charge is 0.289 e. The number of hydrogen-bond acceptors (Lipinski definition) is 6. The molecule has 0 bridgehead atoms. The molecule has 1 aliphatic rings. The summed E-state index contributed by atoms with van der Waals surface area (Å²) in [6.07, 6.45) is 3.92. The van der Waals surface area contributed by atoms with Crippen molar-refractivity contribution in [1.29, 1.82) is 0 Å². The van der Waals surface area contributed by atoms with Crippen molar-refractivity contribution in [3.8, 4) is 0 Å². The highest BCUT2D eigenvalue weighted by molar-refractivity contribution is 8.69. The topological polar surface area (TPSA) is 121 Å². The van der Waals surface area contributed by atoms with Crippen LogP contribution in [0.15, 0.2) is 30.3 Å². The molecule has 1 saturated heterocycles. The van der Waals surface area contributed by atoms with Crippen LogP contribution in [-0.2, 0) is 29.0 Å². The molecule has 0 radical (unpaired) electrons. The first-order chi connectivity index (χ1) is 16.7. The number of hydrogen-bond donors (Lipinski definition) is 3. The van der Waals surface area contributed by atoms with Crippen molar-refractivity contribution in [3.05, 3.63) is 35.9 Å². The van der Waals surface area contributed by atoms with E-state index in [2.05, 4.69) is 16.0 Å². The van der Waals surface area contributed by atoms with Gasteiger partial charge >= 0.3 is 0 Å². The molecule has 1 aliphatic heterocycles. The maximum Gasteiger partial charge on any atom is 0.289 e. The summed E-state index contributed by atoms with van der Waals surface area (Å²) in [5, 5.41) is 8.19. The summed E-state index contributed by atoms with van der Waals surface area (Å²) in [6, 6.07) is 6.62.